The molecule has 1 saturated heterocycles. The molecular formula is C28H36FN3O3. The molecule has 7 heteroatoms. The molecule has 0 saturated carbocycles. The molecule has 6 nitrogen and oxygen atoms in total. The number of ether oxygens (including phenoxy) is 2. The number of carbonyl (C=O) groups is 1. The molecule has 2 aromatic carbocycles. The summed E-state index contributed by atoms with van der Waals surface area (Å²) in [6.45, 7) is 9.22. The average Bonchev–Trinajstić information content (AvgIpc) is 3.39. The van der Waals surface area contributed by atoms with Crippen LogP contribution in [0.4, 0.5) is 4.39 Å². The van der Waals surface area contributed by atoms with Crippen LogP contribution in [0.15, 0.2) is 42.5 Å². The van der Waals surface area contributed by atoms with E-state index < -0.39 is 5.82 Å². The average molecular weight is 482 g/mol. The van der Waals surface area contributed by atoms with Gasteiger partial charge in [-0.3, -0.25) is 4.79 Å². The summed E-state index contributed by atoms with van der Waals surface area (Å²) in [5, 5.41) is 3.92. The predicted molar refractivity (Wildman–Crippen MR) is 138 cm³/mol. The molecule has 0 unspecified atom stereocenters. The first-order chi connectivity index (χ1) is 16.9. The molecule has 188 valence electrons. The SMILES string of the molecule is COc1cc(-c2cc3cc(OCCCN4CCC[C@H]4C)ccc3n2CC(=O)NC(C)C)ccc1F. The molecule has 35 heavy (non-hydrogen) atoms. The largest absolute Gasteiger partial charge is 0.494 e. The Kier molecular flexibility index (Phi) is 7.96. The zero-order valence-corrected chi connectivity index (χ0v) is 21.1. The van der Waals surface area contributed by atoms with Crippen LogP contribution < -0.4 is 14.8 Å². The molecule has 1 aliphatic rings. The van der Waals surface area contributed by atoms with Crippen molar-refractivity contribution in [3.05, 3.63) is 48.3 Å². The van der Waals surface area contributed by atoms with E-state index >= 15 is 0 Å². The topological polar surface area (TPSA) is 55.7 Å². The Morgan fingerprint density at radius 1 is 1.20 bits per heavy atom. The van der Waals surface area contributed by atoms with E-state index in [-0.39, 0.29) is 24.2 Å². The second kappa shape index (κ2) is 11.1. The standard InChI is InChI=1S/C28H36FN3O3/c1-19(2)30-28(33)18-32-25-11-9-23(35-14-6-13-31-12-5-7-20(31)3)15-22(25)16-26(32)21-8-10-24(29)27(17-21)34-4/h8-11,15-17,19-20H,5-7,12-14,18H2,1-4H3,(H,30,33)/t20-/m1/s1. The Bertz CT molecular complexity index is 1170. The summed E-state index contributed by atoms with van der Waals surface area (Å²) in [4.78, 5) is 15.2. The zero-order chi connectivity index (χ0) is 24.9. The fourth-order valence-corrected chi connectivity index (χ4v) is 4.86. The maximum Gasteiger partial charge on any atom is 0.240 e. The highest BCUT2D eigenvalue weighted by Crippen LogP contribution is 2.33. The Hall–Kier alpha value is -3.06. The number of nitrogens with zero attached hydrogens (tertiary/aromatic N) is 2. The number of likely N-dealkylation sites (tertiary alicyclic amines) is 1. The highest BCUT2D eigenvalue weighted by Gasteiger charge is 2.19. The molecule has 1 fully saturated rings. The van der Waals surface area contributed by atoms with Crippen LogP contribution in [-0.4, -0.2) is 54.3 Å². The van der Waals surface area contributed by atoms with Gasteiger partial charge in [0.15, 0.2) is 11.6 Å². The number of amides is 1. The third-order valence-electron chi connectivity index (χ3n) is 6.62. The van der Waals surface area contributed by atoms with Crippen molar-refractivity contribution in [2.45, 2.75) is 58.7 Å². The van der Waals surface area contributed by atoms with Gasteiger partial charge in [-0.05, 0) is 89.0 Å². The van der Waals surface area contributed by atoms with E-state index in [9.17, 15) is 9.18 Å². The van der Waals surface area contributed by atoms with Gasteiger partial charge in [-0.2, -0.15) is 0 Å². The van der Waals surface area contributed by atoms with Crippen LogP contribution in [0.2, 0.25) is 0 Å². The number of hydrogen-bond acceptors (Lipinski definition) is 4. The van der Waals surface area contributed by atoms with Gasteiger partial charge < -0.3 is 24.3 Å². The molecule has 0 radical (unpaired) electrons. The molecule has 2 heterocycles. The minimum Gasteiger partial charge on any atom is -0.494 e. The van der Waals surface area contributed by atoms with E-state index in [2.05, 4.69) is 17.1 Å². The Morgan fingerprint density at radius 2 is 2.03 bits per heavy atom. The summed E-state index contributed by atoms with van der Waals surface area (Å²) in [5.41, 5.74) is 2.51. The van der Waals surface area contributed by atoms with Gasteiger partial charge in [0.25, 0.3) is 0 Å². The summed E-state index contributed by atoms with van der Waals surface area (Å²) in [7, 11) is 1.45. The van der Waals surface area contributed by atoms with Crippen LogP contribution in [0.3, 0.4) is 0 Å². The Balaban J connectivity index is 1.57. The van der Waals surface area contributed by atoms with Gasteiger partial charge in [0, 0.05) is 40.8 Å². The number of rotatable bonds is 10. The molecule has 1 atom stereocenters. The highest BCUT2D eigenvalue weighted by atomic mass is 19.1. The second-order valence-electron chi connectivity index (χ2n) is 9.64. The van der Waals surface area contributed by atoms with Crippen LogP contribution in [0.1, 0.15) is 40.0 Å². The second-order valence-corrected chi connectivity index (χ2v) is 9.64. The van der Waals surface area contributed by atoms with Crippen molar-refractivity contribution in [2.75, 3.05) is 26.8 Å². The van der Waals surface area contributed by atoms with Crippen molar-refractivity contribution in [3.8, 4) is 22.8 Å². The van der Waals surface area contributed by atoms with Crippen molar-refractivity contribution < 1.29 is 18.7 Å². The maximum absolute atomic E-state index is 14.0. The van der Waals surface area contributed by atoms with Crippen LogP contribution >= 0.6 is 0 Å². The van der Waals surface area contributed by atoms with E-state index in [1.165, 1.54) is 32.6 Å². The number of hydrogen-bond donors (Lipinski definition) is 1. The lowest BCUT2D eigenvalue weighted by molar-refractivity contribution is -0.122. The number of fused-ring (bicyclic) bond motifs is 1. The lowest BCUT2D eigenvalue weighted by atomic mass is 10.1. The quantitative estimate of drug-likeness (QED) is 0.403. The fourth-order valence-electron chi connectivity index (χ4n) is 4.86. The van der Waals surface area contributed by atoms with Gasteiger partial charge in [-0.15, -0.1) is 0 Å². The van der Waals surface area contributed by atoms with Gasteiger partial charge in [0.05, 0.1) is 13.7 Å². The van der Waals surface area contributed by atoms with Crippen LogP contribution in [0.25, 0.3) is 22.2 Å². The van der Waals surface area contributed by atoms with Crippen molar-refractivity contribution in [3.63, 3.8) is 0 Å². The van der Waals surface area contributed by atoms with Gasteiger partial charge in [-0.1, -0.05) is 0 Å². The number of carbonyl (C=O) groups excluding carboxylic acids is 1. The molecule has 0 bridgehead atoms. The monoisotopic (exact) mass is 481 g/mol. The summed E-state index contributed by atoms with van der Waals surface area (Å²) >= 11 is 0. The van der Waals surface area contributed by atoms with Crippen LogP contribution in [-0.2, 0) is 11.3 Å². The molecule has 1 aliphatic heterocycles. The first kappa shape index (κ1) is 25.0. The van der Waals surface area contributed by atoms with Crippen molar-refractivity contribution >= 4 is 16.8 Å². The number of benzene rings is 2. The maximum atomic E-state index is 14.0. The smallest absolute Gasteiger partial charge is 0.240 e. The number of aromatic nitrogens is 1. The highest BCUT2D eigenvalue weighted by molar-refractivity contribution is 5.90. The van der Waals surface area contributed by atoms with Crippen molar-refractivity contribution in [1.29, 1.82) is 0 Å². The first-order valence-corrected chi connectivity index (χ1v) is 12.5. The predicted octanol–water partition coefficient (Wildman–Crippen LogP) is 5.23. The minimum atomic E-state index is -0.421. The number of nitrogens with one attached hydrogen (secondary N) is 1. The van der Waals surface area contributed by atoms with Crippen molar-refractivity contribution in [2.24, 2.45) is 0 Å². The summed E-state index contributed by atoms with van der Waals surface area (Å²) in [6.07, 6.45) is 3.55. The van der Waals surface area contributed by atoms with Gasteiger partial charge in [0.1, 0.15) is 12.3 Å². The summed E-state index contributed by atoms with van der Waals surface area (Å²) in [6, 6.07) is 13.4. The molecule has 1 aromatic heterocycles. The van der Waals surface area contributed by atoms with Crippen LogP contribution in [0, 0.1) is 5.82 Å². The molecule has 0 spiro atoms. The molecular weight excluding hydrogens is 445 g/mol. The van der Waals surface area contributed by atoms with E-state index in [0.29, 0.717) is 12.6 Å². The minimum absolute atomic E-state index is 0.0437. The lowest BCUT2D eigenvalue weighted by Crippen LogP contribution is -2.33. The fraction of sp³-hybridized carbons (Fsp3) is 0.464. The Morgan fingerprint density at radius 3 is 2.74 bits per heavy atom. The normalized spacial score (nSPS) is 16.2. The molecule has 4 rings (SSSR count). The third-order valence-corrected chi connectivity index (χ3v) is 6.62. The molecule has 3 aromatic rings. The first-order valence-electron chi connectivity index (χ1n) is 12.5. The van der Waals surface area contributed by atoms with Crippen molar-refractivity contribution in [1.82, 2.24) is 14.8 Å². The third kappa shape index (κ3) is 5.96. The molecule has 1 amide bonds. The van der Waals surface area contributed by atoms with Gasteiger partial charge in [0.2, 0.25) is 5.91 Å². The van der Waals surface area contributed by atoms with E-state index in [0.717, 1.165) is 40.9 Å². The molecule has 0 aliphatic carbocycles. The molecule has 1 N–H and O–H groups in total. The summed E-state index contributed by atoms with van der Waals surface area (Å²) < 4.78 is 27.3. The number of methoxy groups -OCH3 is 1. The Labute approximate surface area is 207 Å². The zero-order valence-electron chi connectivity index (χ0n) is 21.1. The number of halogens is 1. The van der Waals surface area contributed by atoms with E-state index in [1.807, 2.05) is 42.7 Å². The lowest BCUT2D eigenvalue weighted by Gasteiger charge is -2.20. The summed E-state index contributed by atoms with van der Waals surface area (Å²) in [5.74, 6) is 0.473. The van der Waals surface area contributed by atoms with Gasteiger partial charge >= 0.3 is 0 Å². The van der Waals surface area contributed by atoms with Gasteiger partial charge in [-0.25, -0.2) is 4.39 Å². The van der Waals surface area contributed by atoms with E-state index in [4.69, 9.17) is 9.47 Å². The van der Waals surface area contributed by atoms with E-state index in [1.54, 1.807) is 12.1 Å². The van der Waals surface area contributed by atoms with Crippen LogP contribution in [0.5, 0.6) is 11.5 Å².